The van der Waals surface area contributed by atoms with E-state index in [0.717, 1.165) is 5.39 Å². The van der Waals surface area contributed by atoms with E-state index in [-0.39, 0.29) is 18.4 Å². The average molecular weight is 287 g/mol. The van der Waals surface area contributed by atoms with Crippen molar-refractivity contribution >= 4 is 22.8 Å². The quantitative estimate of drug-likeness (QED) is 0.900. The van der Waals surface area contributed by atoms with Gasteiger partial charge in [-0.2, -0.15) is 0 Å². The molecule has 0 spiro atoms. The van der Waals surface area contributed by atoms with Crippen LogP contribution in [0.2, 0.25) is 0 Å². The van der Waals surface area contributed by atoms with E-state index in [1.807, 2.05) is 29.2 Å². The minimum Gasteiger partial charge on any atom is -0.451 e. The molecule has 110 valence electrons. The number of primary amides is 1. The second-order valence-corrected chi connectivity index (χ2v) is 5.18. The summed E-state index contributed by atoms with van der Waals surface area (Å²) in [6, 6.07) is 9.32. The van der Waals surface area contributed by atoms with Crippen LogP contribution in [0.1, 0.15) is 10.6 Å². The molecule has 0 saturated carbocycles. The number of nitrogens with zero attached hydrogens (tertiary/aromatic N) is 2. The smallest absolute Gasteiger partial charge is 0.289 e. The van der Waals surface area contributed by atoms with Gasteiger partial charge in [0, 0.05) is 31.6 Å². The summed E-state index contributed by atoms with van der Waals surface area (Å²) >= 11 is 0. The topological polar surface area (TPSA) is 79.8 Å². The summed E-state index contributed by atoms with van der Waals surface area (Å²) in [7, 11) is 0. The second-order valence-electron chi connectivity index (χ2n) is 5.18. The van der Waals surface area contributed by atoms with Crippen molar-refractivity contribution in [3.05, 3.63) is 36.1 Å². The molecule has 0 aliphatic carbocycles. The van der Waals surface area contributed by atoms with Crippen LogP contribution in [0.3, 0.4) is 0 Å². The maximum absolute atomic E-state index is 12.4. The number of furan rings is 1. The third-order valence-corrected chi connectivity index (χ3v) is 3.68. The molecule has 2 N–H and O–H groups in total. The summed E-state index contributed by atoms with van der Waals surface area (Å²) in [5.41, 5.74) is 5.89. The Morgan fingerprint density at radius 3 is 2.52 bits per heavy atom. The Hall–Kier alpha value is -2.34. The van der Waals surface area contributed by atoms with Gasteiger partial charge in [0.2, 0.25) is 5.91 Å². The third kappa shape index (κ3) is 2.90. The fraction of sp³-hybridized carbons (Fsp3) is 0.333. The summed E-state index contributed by atoms with van der Waals surface area (Å²) in [5, 5.41) is 0.924. The Labute approximate surface area is 122 Å². The van der Waals surface area contributed by atoms with Crippen LogP contribution < -0.4 is 5.73 Å². The van der Waals surface area contributed by atoms with E-state index in [9.17, 15) is 9.59 Å². The molecular formula is C15H17N3O3. The largest absolute Gasteiger partial charge is 0.451 e. The molecule has 1 saturated heterocycles. The van der Waals surface area contributed by atoms with E-state index in [1.165, 1.54) is 0 Å². The molecule has 1 aliphatic rings. The molecule has 0 radical (unpaired) electrons. The van der Waals surface area contributed by atoms with Crippen molar-refractivity contribution in [2.24, 2.45) is 5.73 Å². The van der Waals surface area contributed by atoms with Crippen molar-refractivity contribution in [2.75, 3.05) is 32.7 Å². The standard InChI is InChI=1S/C15H17N3O3/c16-14(19)10-17-5-7-18(8-6-17)15(20)13-9-11-3-1-2-4-12(11)21-13/h1-4,9H,5-8,10H2,(H2,16,19). The second kappa shape index (κ2) is 5.57. The van der Waals surface area contributed by atoms with Gasteiger partial charge in [-0.05, 0) is 12.1 Å². The van der Waals surface area contributed by atoms with Crippen LogP contribution in [0.5, 0.6) is 0 Å². The number of nitrogens with two attached hydrogens (primary N) is 1. The van der Waals surface area contributed by atoms with Gasteiger partial charge in [-0.3, -0.25) is 14.5 Å². The summed E-state index contributed by atoms with van der Waals surface area (Å²) in [6.45, 7) is 2.68. The van der Waals surface area contributed by atoms with Crippen molar-refractivity contribution in [1.29, 1.82) is 0 Å². The Bertz CT molecular complexity index is 639. The van der Waals surface area contributed by atoms with Crippen molar-refractivity contribution in [3.8, 4) is 0 Å². The van der Waals surface area contributed by atoms with Gasteiger partial charge in [-0.1, -0.05) is 18.2 Å². The Kier molecular flexibility index (Phi) is 3.62. The van der Waals surface area contributed by atoms with Gasteiger partial charge in [0.05, 0.1) is 6.54 Å². The predicted molar refractivity (Wildman–Crippen MR) is 77.8 cm³/mol. The first-order chi connectivity index (χ1) is 10.1. The third-order valence-electron chi connectivity index (χ3n) is 3.68. The minimum atomic E-state index is -0.341. The molecule has 6 heteroatoms. The Balaban J connectivity index is 1.67. The van der Waals surface area contributed by atoms with Crippen LogP contribution in [0.4, 0.5) is 0 Å². The Morgan fingerprint density at radius 2 is 1.86 bits per heavy atom. The molecule has 2 heterocycles. The van der Waals surface area contributed by atoms with Crippen LogP contribution in [-0.2, 0) is 4.79 Å². The lowest BCUT2D eigenvalue weighted by atomic mass is 10.2. The van der Waals surface area contributed by atoms with Crippen LogP contribution in [0.25, 0.3) is 11.0 Å². The summed E-state index contributed by atoms with van der Waals surface area (Å²) in [5.74, 6) is -0.0865. The zero-order valence-electron chi connectivity index (χ0n) is 11.6. The molecule has 0 bridgehead atoms. The molecule has 0 unspecified atom stereocenters. The lowest BCUT2D eigenvalue weighted by Gasteiger charge is -2.33. The van der Waals surface area contributed by atoms with E-state index in [0.29, 0.717) is 37.5 Å². The zero-order valence-corrected chi connectivity index (χ0v) is 11.6. The first-order valence-corrected chi connectivity index (χ1v) is 6.92. The predicted octanol–water partition coefficient (Wildman–Crippen LogP) is 0.676. The summed E-state index contributed by atoms with van der Waals surface area (Å²) in [4.78, 5) is 27.0. The highest BCUT2D eigenvalue weighted by Gasteiger charge is 2.24. The number of carbonyl (C=O) groups is 2. The SMILES string of the molecule is NC(=O)CN1CCN(C(=O)c2cc3ccccc3o2)CC1. The lowest BCUT2D eigenvalue weighted by molar-refractivity contribution is -0.119. The van der Waals surface area contributed by atoms with Gasteiger partial charge >= 0.3 is 0 Å². The molecule has 3 rings (SSSR count). The van der Waals surface area contributed by atoms with Gasteiger partial charge in [-0.25, -0.2) is 0 Å². The van der Waals surface area contributed by atoms with Crippen LogP contribution in [0.15, 0.2) is 34.7 Å². The number of carbonyl (C=O) groups excluding carboxylic acids is 2. The number of para-hydroxylation sites is 1. The minimum absolute atomic E-state index is 0.107. The molecule has 0 atom stereocenters. The van der Waals surface area contributed by atoms with Gasteiger partial charge < -0.3 is 15.1 Å². The molecule has 2 aromatic rings. The fourth-order valence-electron chi connectivity index (χ4n) is 2.57. The van der Waals surface area contributed by atoms with Crippen molar-refractivity contribution < 1.29 is 14.0 Å². The van der Waals surface area contributed by atoms with Crippen LogP contribution in [-0.4, -0.2) is 54.3 Å². The number of fused-ring (bicyclic) bond motifs is 1. The van der Waals surface area contributed by atoms with E-state index in [1.54, 1.807) is 11.0 Å². The van der Waals surface area contributed by atoms with E-state index in [2.05, 4.69) is 0 Å². The first kappa shape index (κ1) is 13.6. The van der Waals surface area contributed by atoms with Crippen molar-refractivity contribution in [3.63, 3.8) is 0 Å². The number of amides is 2. The lowest BCUT2D eigenvalue weighted by Crippen LogP contribution is -2.50. The van der Waals surface area contributed by atoms with Crippen molar-refractivity contribution in [2.45, 2.75) is 0 Å². The molecular weight excluding hydrogens is 270 g/mol. The molecule has 1 aromatic heterocycles. The van der Waals surface area contributed by atoms with Gasteiger partial charge in [0.1, 0.15) is 5.58 Å². The zero-order chi connectivity index (χ0) is 14.8. The van der Waals surface area contributed by atoms with E-state index < -0.39 is 0 Å². The van der Waals surface area contributed by atoms with Gasteiger partial charge in [0.15, 0.2) is 5.76 Å². The summed E-state index contributed by atoms with van der Waals surface area (Å²) < 4.78 is 5.60. The molecule has 2 amide bonds. The number of hydrogen-bond acceptors (Lipinski definition) is 4. The molecule has 1 aliphatic heterocycles. The molecule has 1 fully saturated rings. The van der Waals surface area contributed by atoms with Gasteiger partial charge in [0.25, 0.3) is 5.91 Å². The number of hydrogen-bond donors (Lipinski definition) is 1. The van der Waals surface area contributed by atoms with Crippen LogP contribution >= 0.6 is 0 Å². The number of rotatable bonds is 3. The maximum atomic E-state index is 12.4. The molecule has 1 aromatic carbocycles. The van der Waals surface area contributed by atoms with E-state index in [4.69, 9.17) is 10.2 Å². The highest BCUT2D eigenvalue weighted by Crippen LogP contribution is 2.20. The highest BCUT2D eigenvalue weighted by atomic mass is 16.3. The van der Waals surface area contributed by atoms with E-state index >= 15 is 0 Å². The highest BCUT2D eigenvalue weighted by molar-refractivity contribution is 5.96. The normalized spacial score (nSPS) is 16.3. The van der Waals surface area contributed by atoms with Crippen LogP contribution in [0, 0.1) is 0 Å². The Morgan fingerprint density at radius 1 is 1.14 bits per heavy atom. The molecule has 21 heavy (non-hydrogen) atoms. The fourth-order valence-corrected chi connectivity index (χ4v) is 2.57. The number of piperazine rings is 1. The van der Waals surface area contributed by atoms with Gasteiger partial charge in [-0.15, -0.1) is 0 Å². The summed E-state index contributed by atoms with van der Waals surface area (Å²) in [6.07, 6.45) is 0. The average Bonchev–Trinajstić information content (AvgIpc) is 2.90. The number of benzene rings is 1. The molecule has 6 nitrogen and oxygen atoms in total. The maximum Gasteiger partial charge on any atom is 0.289 e. The first-order valence-electron chi connectivity index (χ1n) is 6.92. The van der Waals surface area contributed by atoms with Crippen molar-refractivity contribution in [1.82, 2.24) is 9.80 Å². The monoisotopic (exact) mass is 287 g/mol.